The summed E-state index contributed by atoms with van der Waals surface area (Å²) in [7, 11) is 0. The molecule has 4 aromatic rings. The molecule has 0 aliphatic rings. The van der Waals surface area contributed by atoms with Gasteiger partial charge in [0.1, 0.15) is 5.75 Å². The smallest absolute Gasteiger partial charge is 0.333 e. The molecule has 0 fully saturated rings. The van der Waals surface area contributed by atoms with E-state index < -0.39 is 11.9 Å². The van der Waals surface area contributed by atoms with Crippen molar-refractivity contribution in [2.75, 3.05) is 33.0 Å². The topological polar surface area (TPSA) is 102 Å². The summed E-state index contributed by atoms with van der Waals surface area (Å²) in [6.45, 7) is 15.5. The van der Waals surface area contributed by atoms with Crippen molar-refractivity contribution in [2.45, 2.75) is 91.9 Å². The molecule has 0 unspecified atom stereocenters. The van der Waals surface area contributed by atoms with Crippen LogP contribution in [0.1, 0.15) is 88.5 Å². The summed E-state index contributed by atoms with van der Waals surface area (Å²) in [4.78, 5) is 24.2. The Bertz CT molecular complexity index is 1860. The number of carbonyl (C=O) groups is 2. The molecule has 0 spiro atoms. The van der Waals surface area contributed by atoms with Gasteiger partial charge in [-0.3, -0.25) is 0 Å². The van der Waals surface area contributed by atoms with Gasteiger partial charge in [0.2, 0.25) is 0 Å². The summed E-state index contributed by atoms with van der Waals surface area (Å²) in [6, 6.07) is 28.7. The Morgan fingerprint density at radius 1 is 0.596 bits per heavy atom. The van der Waals surface area contributed by atoms with Gasteiger partial charge in [-0.2, -0.15) is 0 Å². The highest BCUT2D eigenvalue weighted by molar-refractivity contribution is 5.87. The highest BCUT2D eigenvalue weighted by Gasteiger charge is 2.17. The normalized spacial score (nSPS) is 11.1. The Hall–Kier alpha value is -4.98. The summed E-state index contributed by atoms with van der Waals surface area (Å²) in [5.74, 6) is -0.395. The van der Waals surface area contributed by atoms with E-state index in [4.69, 9.17) is 14.2 Å². The quantitative estimate of drug-likeness (QED) is 0.0415. The lowest BCUT2D eigenvalue weighted by molar-refractivity contribution is -0.139. The molecule has 4 rings (SSSR count). The van der Waals surface area contributed by atoms with Crippen molar-refractivity contribution >= 4 is 11.9 Å². The summed E-state index contributed by atoms with van der Waals surface area (Å²) < 4.78 is 17.3. The maximum absolute atomic E-state index is 12.1. The third-order valence-electron chi connectivity index (χ3n) is 10.2. The minimum Gasteiger partial charge on any atom is -0.493 e. The fourth-order valence-electron chi connectivity index (χ4n) is 6.78. The summed E-state index contributed by atoms with van der Waals surface area (Å²) in [5.41, 5.74) is 12.1. The second kappa shape index (κ2) is 23.3. The molecule has 4 aromatic carbocycles. The molecule has 0 heterocycles. The van der Waals surface area contributed by atoms with Crippen LogP contribution in [0.3, 0.4) is 0 Å². The highest BCUT2D eigenvalue weighted by atomic mass is 16.5. The minimum absolute atomic E-state index is 0.131. The van der Waals surface area contributed by atoms with Gasteiger partial charge in [0, 0.05) is 30.3 Å². The first-order chi connectivity index (χ1) is 27.6. The zero-order valence-electron chi connectivity index (χ0n) is 34.5. The van der Waals surface area contributed by atoms with Crippen LogP contribution in [0.25, 0.3) is 33.4 Å². The molecular formula is C50H62O7. The third-order valence-corrected chi connectivity index (χ3v) is 10.2. The van der Waals surface area contributed by atoms with Gasteiger partial charge in [0.25, 0.3) is 0 Å². The first-order valence-corrected chi connectivity index (χ1v) is 20.6. The standard InChI is InChI=1S/C50H62O7/c1-7-9-10-13-37-16-18-40(19-17-37)41-20-22-42(23-21-41)47-25-24-43(30-39(47)8-2)46-31-44(14-11-27-56-49(53)35(3)4)48(55-29-26-38(33-51)34-52)45(32-46)15-12-28-57-50(54)36(5)6/h16-25,30-32,38,51-52H,3,5,7-15,26-29,33-34H2,1-2,4,6H3. The van der Waals surface area contributed by atoms with Crippen molar-refractivity contribution in [3.05, 3.63) is 125 Å². The lowest BCUT2D eigenvalue weighted by atomic mass is 9.90. The van der Waals surface area contributed by atoms with Gasteiger partial charge in [-0.1, -0.05) is 107 Å². The largest absolute Gasteiger partial charge is 0.493 e. The van der Waals surface area contributed by atoms with Crippen LogP contribution in [0, 0.1) is 5.92 Å². The van der Waals surface area contributed by atoms with E-state index in [2.05, 4.69) is 106 Å². The van der Waals surface area contributed by atoms with Crippen LogP contribution in [0.4, 0.5) is 0 Å². The maximum Gasteiger partial charge on any atom is 0.333 e. The second-order valence-electron chi connectivity index (χ2n) is 15.0. The maximum atomic E-state index is 12.1. The minimum atomic E-state index is -0.419. The number of aliphatic hydroxyl groups excluding tert-OH is 2. The summed E-state index contributed by atoms with van der Waals surface area (Å²) in [6.07, 6.45) is 8.49. The van der Waals surface area contributed by atoms with E-state index in [1.54, 1.807) is 13.8 Å². The van der Waals surface area contributed by atoms with Crippen molar-refractivity contribution < 1.29 is 34.0 Å². The van der Waals surface area contributed by atoms with E-state index in [1.165, 1.54) is 52.6 Å². The number of ether oxygens (including phenoxy) is 3. The predicted molar refractivity (Wildman–Crippen MR) is 231 cm³/mol. The van der Waals surface area contributed by atoms with Gasteiger partial charge < -0.3 is 24.4 Å². The number of benzene rings is 4. The second-order valence-corrected chi connectivity index (χ2v) is 15.0. The molecule has 0 radical (unpaired) electrons. The lowest BCUT2D eigenvalue weighted by Gasteiger charge is -2.20. The number of hydrogen-bond donors (Lipinski definition) is 2. The summed E-state index contributed by atoms with van der Waals surface area (Å²) in [5, 5.41) is 19.3. The number of carbonyl (C=O) groups excluding carboxylic acids is 2. The van der Waals surface area contributed by atoms with Crippen LogP contribution >= 0.6 is 0 Å². The van der Waals surface area contributed by atoms with Gasteiger partial charge in [0.15, 0.2) is 0 Å². The number of esters is 2. The van der Waals surface area contributed by atoms with E-state index in [1.807, 2.05) is 0 Å². The molecule has 0 amide bonds. The first-order valence-electron chi connectivity index (χ1n) is 20.6. The van der Waals surface area contributed by atoms with E-state index in [-0.39, 0.29) is 32.3 Å². The Morgan fingerprint density at radius 2 is 1.11 bits per heavy atom. The first kappa shape index (κ1) is 44.7. The van der Waals surface area contributed by atoms with Gasteiger partial charge in [-0.25, -0.2) is 9.59 Å². The zero-order chi connectivity index (χ0) is 41.2. The highest BCUT2D eigenvalue weighted by Crippen LogP contribution is 2.36. The van der Waals surface area contributed by atoms with Crippen molar-refractivity contribution in [3.8, 4) is 39.1 Å². The predicted octanol–water partition coefficient (Wildman–Crippen LogP) is 10.5. The third kappa shape index (κ3) is 13.6. The molecule has 7 nitrogen and oxygen atoms in total. The Morgan fingerprint density at radius 3 is 1.61 bits per heavy atom. The van der Waals surface area contributed by atoms with E-state index in [9.17, 15) is 19.8 Å². The van der Waals surface area contributed by atoms with E-state index in [0.29, 0.717) is 49.9 Å². The van der Waals surface area contributed by atoms with Gasteiger partial charge in [0.05, 0.1) is 19.8 Å². The molecule has 7 heteroatoms. The fourth-order valence-corrected chi connectivity index (χ4v) is 6.78. The average Bonchev–Trinajstić information content (AvgIpc) is 3.23. The molecule has 0 atom stereocenters. The molecule has 57 heavy (non-hydrogen) atoms. The monoisotopic (exact) mass is 774 g/mol. The number of unbranched alkanes of at least 4 members (excludes halogenated alkanes) is 2. The molecule has 0 aliphatic carbocycles. The molecule has 0 saturated carbocycles. The number of hydrogen-bond acceptors (Lipinski definition) is 7. The fraction of sp³-hybridized carbons (Fsp3) is 0.400. The number of aliphatic hydroxyl groups is 2. The number of aryl methyl sites for hydroxylation is 4. The molecule has 0 aromatic heterocycles. The van der Waals surface area contributed by atoms with Crippen LogP contribution in [0.2, 0.25) is 0 Å². The summed E-state index contributed by atoms with van der Waals surface area (Å²) >= 11 is 0. The molecule has 0 aliphatic heterocycles. The van der Waals surface area contributed by atoms with Crippen molar-refractivity contribution in [1.29, 1.82) is 0 Å². The lowest BCUT2D eigenvalue weighted by Crippen LogP contribution is -2.16. The van der Waals surface area contributed by atoms with Crippen LogP contribution in [0.5, 0.6) is 5.75 Å². The van der Waals surface area contributed by atoms with Crippen LogP contribution in [-0.4, -0.2) is 55.2 Å². The van der Waals surface area contributed by atoms with Crippen molar-refractivity contribution in [2.24, 2.45) is 5.92 Å². The van der Waals surface area contributed by atoms with Gasteiger partial charge in [-0.15, -0.1) is 0 Å². The molecular weight excluding hydrogens is 713 g/mol. The molecule has 2 N–H and O–H groups in total. The Kier molecular flexibility index (Phi) is 18.3. The molecule has 0 saturated heterocycles. The Labute approximate surface area is 340 Å². The van der Waals surface area contributed by atoms with E-state index >= 15 is 0 Å². The SMILES string of the molecule is C=C(C)C(=O)OCCCc1cc(-c2ccc(-c3ccc(-c4ccc(CCCCC)cc4)cc3)c(CC)c2)cc(CCCOC(=O)C(=C)C)c1OCCC(CO)CO. The zero-order valence-corrected chi connectivity index (χ0v) is 34.5. The van der Waals surface area contributed by atoms with Gasteiger partial charge in [-0.05, 0) is 133 Å². The average molecular weight is 775 g/mol. The van der Waals surface area contributed by atoms with Crippen molar-refractivity contribution in [3.63, 3.8) is 0 Å². The number of rotatable bonds is 24. The van der Waals surface area contributed by atoms with Crippen LogP contribution in [-0.2, 0) is 44.7 Å². The van der Waals surface area contributed by atoms with E-state index in [0.717, 1.165) is 40.8 Å². The van der Waals surface area contributed by atoms with Crippen LogP contribution < -0.4 is 4.74 Å². The Balaban J connectivity index is 1.65. The van der Waals surface area contributed by atoms with Crippen LogP contribution in [0.15, 0.2) is 103 Å². The van der Waals surface area contributed by atoms with Gasteiger partial charge >= 0.3 is 11.9 Å². The molecule has 304 valence electrons. The van der Waals surface area contributed by atoms with Crippen molar-refractivity contribution in [1.82, 2.24) is 0 Å². The molecule has 0 bridgehead atoms.